The number of aryl methyl sites for hydroxylation is 2. The molecule has 4 heterocycles. The molecular formula is C68H46N4. The van der Waals surface area contributed by atoms with Crippen LogP contribution in [0.25, 0.3) is 98.4 Å². The summed E-state index contributed by atoms with van der Waals surface area (Å²) in [6.07, 6.45) is 0. The standard InChI is InChI=1S/C68H46N4/c1-43-19-15-29-49(39-43)69(47-25-11-5-12-26-47)51-35-37-53-55-31-17-33-57-63-62(46-23-9-4-10-24-46)68-64(61(45-21-7-3-8-22-45)67(63)71(65(55)57)59(53)41-51)58-34-18-32-56-54-38-36-52(42-60(54)72(68)66(56)58)70(48-27-13-6-14-28-48)50-30-16-20-44(2)40-50/h3-42H,1-2H3. The van der Waals surface area contributed by atoms with Crippen molar-refractivity contribution in [3.05, 3.63) is 254 Å². The van der Waals surface area contributed by atoms with Gasteiger partial charge in [0.1, 0.15) is 0 Å². The first-order valence-corrected chi connectivity index (χ1v) is 24.9. The van der Waals surface area contributed by atoms with E-state index in [1.54, 1.807) is 0 Å². The maximum atomic E-state index is 2.62. The zero-order valence-corrected chi connectivity index (χ0v) is 39.9. The van der Waals surface area contributed by atoms with E-state index < -0.39 is 0 Å². The van der Waals surface area contributed by atoms with Crippen LogP contribution in [0.2, 0.25) is 0 Å². The Morgan fingerprint density at radius 1 is 0.264 bits per heavy atom. The van der Waals surface area contributed by atoms with E-state index >= 15 is 0 Å². The summed E-state index contributed by atoms with van der Waals surface area (Å²) in [5.41, 5.74) is 21.3. The van der Waals surface area contributed by atoms with Crippen LogP contribution in [-0.4, -0.2) is 8.80 Å². The van der Waals surface area contributed by atoms with Crippen molar-refractivity contribution >= 4 is 110 Å². The molecule has 0 saturated carbocycles. The summed E-state index contributed by atoms with van der Waals surface area (Å²) in [5, 5.41) is 9.99. The molecular weight excluding hydrogens is 873 g/mol. The summed E-state index contributed by atoms with van der Waals surface area (Å²) >= 11 is 0. The topological polar surface area (TPSA) is 15.3 Å². The minimum atomic E-state index is 1.11. The SMILES string of the molecule is Cc1cccc(N(c2ccccc2)c2ccc3c4cccc5c6c(-c7ccccc7)c7c(c(-c8ccccc8)c6n(c3c2)c45)c2cccc3c4ccc(N(c5ccccc5)c5cccc(C)c5)cc4n7c32)c1. The molecule has 0 N–H and O–H groups in total. The molecule has 0 aliphatic rings. The summed E-state index contributed by atoms with van der Waals surface area (Å²) in [4.78, 5) is 4.80. The third kappa shape index (κ3) is 5.81. The summed E-state index contributed by atoms with van der Waals surface area (Å²) in [6.45, 7) is 4.35. The lowest BCUT2D eigenvalue weighted by Gasteiger charge is -2.26. The van der Waals surface area contributed by atoms with E-state index in [9.17, 15) is 0 Å². The van der Waals surface area contributed by atoms with Gasteiger partial charge in [-0.2, -0.15) is 0 Å². The average molecular weight is 919 g/mol. The van der Waals surface area contributed by atoms with Crippen LogP contribution in [-0.2, 0) is 0 Å². The number of hydrogen-bond acceptors (Lipinski definition) is 2. The fourth-order valence-electron chi connectivity index (χ4n) is 12.3. The van der Waals surface area contributed by atoms with Crippen LogP contribution in [0.1, 0.15) is 11.1 Å². The van der Waals surface area contributed by atoms with Crippen molar-refractivity contribution in [3.63, 3.8) is 0 Å². The number of anilines is 6. The zero-order valence-electron chi connectivity index (χ0n) is 39.9. The Morgan fingerprint density at radius 3 is 1.01 bits per heavy atom. The zero-order chi connectivity index (χ0) is 47.6. The van der Waals surface area contributed by atoms with Gasteiger partial charge in [0, 0.05) is 88.3 Å². The van der Waals surface area contributed by atoms with E-state index in [2.05, 4.69) is 275 Å². The lowest BCUT2D eigenvalue weighted by atomic mass is 9.89. The van der Waals surface area contributed by atoms with Gasteiger partial charge in [0.2, 0.25) is 0 Å². The lowest BCUT2D eigenvalue weighted by Crippen LogP contribution is -2.10. The van der Waals surface area contributed by atoms with Crippen LogP contribution in [0.5, 0.6) is 0 Å². The molecule has 0 aliphatic carbocycles. The number of benzene rings is 11. The fourth-order valence-corrected chi connectivity index (χ4v) is 12.3. The van der Waals surface area contributed by atoms with E-state index in [1.807, 2.05) is 0 Å². The number of fused-ring (bicyclic) bond motifs is 12. The van der Waals surface area contributed by atoms with Gasteiger partial charge < -0.3 is 18.6 Å². The van der Waals surface area contributed by atoms with Crippen molar-refractivity contribution in [3.8, 4) is 22.3 Å². The summed E-state index contributed by atoms with van der Waals surface area (Å²) in [5.74, 6) is 0. The second-order valence-corrected chi connectivity index (χ2v) is 19.4. The van der Waals surface area contributed by atoms with Crippen molar-refractivity contribution in [2.45, 2.75) is 13.8 Å². The molecule has 0 bridgehead atoms. The van der Waals surface area contributed by atoms with Crippen molar-refractivity contribution < 1.29 is 0 Å². The van der Waals surface area contributed by atoms with Gasteiger partial charge in [0.05, 0.1) is 33.1 Å². The molecule has 0 saturated heterocycles. The highest BCUT2D eigenvalue weighted by atomic mass is 15.1. The van der Waals surface area contributed by atoms with Crippen molar-refractivity contribution in [2.75, 3.05) is 9.80 Å². The Balaban J connectivity index is 1.13. The molecule has 11 aromatic carbocycles. The van der Waals surface area contributed by atoms with Crippen LogP contribution >= 0.6 is 0 Å². The smallest absolute Gasteiger partial charge is 0.0634 e. The molecule has 4 aromatic heterocycles. The molecule has 72 heavy (non-hydrogen) atoms. The predicted octanol–water partition coefficient (Wildman–Crippen LogP) is 18.9. The first-order valence-electron chi connectivity index (χ1n) is 24.9. The Labute approximate surface area is 416 Å². The number of para-hydroxylation sites is 4. The quantitative estimate of drug-likeness (QED) is 0.151. The molecule has 0 amide bonds. The summed E-state index contributed by atoms with van der Waals surface area (Å²) in [7, 11) is 0. The van der Waals surface area contributed by atoms with E-state index in [-0.39, 0.29) is 0 Å². The molecule has 15 aromatic rings. The minimum Gasteiger partial charge on any atom is -0.310 e. The number of rotatable bonds is 8. The second kappa shape index (κ2) is 15.6. The first kappa shape index (κ1) is 40.5. The number of hydrogen-bond donors (Lipinski definition) is 0. The Kier molecular flexibility index (Phi) is 8.75. The first-order chi connectivity index (χ1) is 35.6. The molecule has 4 heteroatoms. The van der Waals surface area contributed by atoms with E-state index in [1.165, 1.54) is 110 Å². The number of aromatic nitrogens is 2. The van der Waals surface area contributed by atoms with E-state index in [4.69, 9.17) is 0 Å². The Bertz CT molecular complexity index is 4280. The van der Waals surface area contributed by atoms with Gasteiger partial charge >= 0.3 is 0 Å². The molecule has 0 fully saturated rings. The normalized spacial score (nSPS) is 12.0. The van der Waals surface area contributed by atoms with Crippen LogP contribution in [0, 0.1) is 13.8 Å². The van der Waals surface area contributed by atoms with Gasteiger partial charge in [-0.1, -0.05) is 170 Å². The lowest BCUT2D eigenvalue weighted by molar-refractivity contribution is 1.27. The highest BCUT2D eigenvalue weighted by Crippen LogP contribution is 2.54. The van der Waals surface area contributed by atoms with Crippen LogP contribution in [0.4, 0.5) is 34.1 Å². The van der Waals surface area contributed by atoms with Gasteiger partial charge in [0.25, 0.3) is 0 Å². The molecule has 0 aliphatic heterocycles. The average Bonchev–Trinajstić information content (AvgIpc) is 4.16. The van der Waals surface area contributed by atoms with E-state index in [0.29, 0.717) is 0 Å². The van der Waals surface area contributed by atoms with Gasteiger partial charge in [-0.05, 0) is 109 Å². The number of nitrogens with zero attached hydrogens (tertiary/aromatic N) is 4. The van der Waals surface area contributed by atoms with Crippen molar-refractivity contribution in [1.29, 1.82) is 0 Å². The minimum absolute atomic E-state index is 1.11. The van der Waals surface area contributed by atoms with Gasteiger partial charge in [-0.15, -0.1) is 0 Å². The van der Waals surface area contributed by atoms with Crippen LogP contribution in [0.15, 0.2) is 243 Å². The third-order valence-corrected chi connectivity index (χ3v) is 15.2. The Hall–Kier alpha value is -9.38. The van der Waals surface area contributed by atoms with Crippen molar-refractivity contribution in [1.82, 2.24) is 8.80 Å². The maximum Gasteiger partial charge on any atom is 0.0634 e. The molecule has 0 atom stereocenters. The summed E-state index contributed by atoms with van der Waals surface area (Å²) in [6, 6.07) is 89.6. The highest BCUT2D eigenvalue weighted by Gasteiger charge is 2.31. The van der Waals surface area contributed by atoms with Crippen molar-refractivity contribution in [2.24, 2.45) is 0 Å². The van der Waals surface area contributed by atoms with Crippen LogP contribution in [0.3, 0.4) is 0 Å². The van der Waals surface area contributed by atoms with Gasteiger partial charge in [-0.25, -0.2) is 0 Å². The fraction of sp³-hybridized carbons (Fsp3) is 0.0294. The molecule has 0 unspecified atom stereocenters. The maximum absolute atomic E-state index is 2.62. The molecule has 15 rings (SSSR count). The third-order valence-electron chi connectivity index (χ3n) is 15.2. The highest BCUT2D eigenvalue weighted by molar-refractivity contribution is 6.38. The Morgan fingerprint density at radius 2 is 0.611 bits per heavy atom. The second-order valence-electron chi connectivity index (χ2n) is 19.4. The monoisotopic (exact) mass is 918 g/mol. The molecule has 4 nitrogen and oxygen atoms in total. The molecule has 338 valence electrons. The predicted molar refractivity (Wildman–Crippen MR) is 305 cm³/mol. The summed E-state index contributed by atoms with van der Waals surface area (Å²) < 4.78 is 5.24. The van der Waals surface area contributed by atoms with Crippen LogP contribution < -0.4 is 9.80 Å². The molecule has 0 spiro atoms. The van der Waals surface area contributed by atoms with Gasteiger partial charge in [-0.3, -0.25) is 0 Å². The van der Waals surface area contributed by atoms with Gasteiger partial charge in [0.15, 0.2) is 0 Å². The van der Waals surface area contributed by atoms with E-state index in [0.717, 1.165) is 34.1 Å². The largest absolute Gasteiger partial charge is 0.310 e. The molecule has 0 radical (unpaired) electrons.